The van der Waals surface area contributed by atoms with E-state index in [1.54, 1.807) is 0 Å². The molecule has 14 heavy (non-hydrogen) atoms. The van der Waals surface area contributed by atoms with Gasteiger partial charge in [-0.1, -0.05) is 6.08 Å². The van der Waals surface area contributed by atoms with Gasteiger partial charge in [-0.15, -0.1) is 6.58 Å². The van der Waals surface area contributed by atoms with Crippen molar-refractivity contribution in [1.82, 2.24) is 0 Å². The average Bonchev–Trinajstić information content (AvgIpc) is 1.78. The van der Waals surface area contributed by atoms with Gasteiger partial charge in [-0.25, -0.2) is 0 Å². The van der Waals surface area contributed by atoms with E-state index in [2.05, 4.69) is 45.9 Å². The van der Waals surface area contributed by atoms with Crippen molar-refractivity contribution in [1.29, 1.82) is 0 Å². The minimum Gasteiger partial charge on any atom is -0.440 e. The van der Waals surface area contributed by atoms with Crippen molar-refractivity contribution >= 4 is 25.9 Å². The minimum atomic E-state index is -1.86. The summed E-state index contributed by atoms with van der Waals surface area (Å²) in [7, 11) is -4.40. The fourth-order valence-electron chi connectivity index (χ4n) is 1.65. The predicted molar refractivity (Wildman–Crippen MR) is 71.0 cm³/mol. The summed E-state index contributed by atoms with van der Waals surface area (Å²) in [6, 6.07) is 1.01. The van der Waals surface area contributed by atoms with E-state index in [-0.39, 0.29) is 0 Å². The van der Waals surface area contributed by atoms with Crippen LogP contribution in [-0.4, -0.2) is 25.9 Å². The highest BCUT2D eigenvalue weighted by molar-refractivity contribution is 6.84. The smallest absolute Gasteiger partial charge is 0.310 e. The van der Waals surface area contributed by atoms with Crippen LogP contribution in [0.25, 0.3) is 0 Å². The molecule has 0 aliphatic carbocycles. The molecule has 0 aromatic rings. The molecule has 0 saturated carbocycles. The molecule has 0 heterocycles. The van der Waals surface area contributed by atoms with Crippen LogP contribution in [0.15, 0.2) is 12.7 Å². The van der Waals surface area contributed by atoms with Crippen molar-refractivity contribution in [3.63, 3.8) is 0 Å². The Labute approximate surface area is 92.4 Å². The van der Waals surface area contributed by atoms with Crippen LogP contribution in [0.2, 0.25) is 45.3 Å². The predicted octanol–water partition coefficient (Wildman–Crippen LogP) is 3.10. The number of hydrogen-bond acceptors (Lipinski definition) is 2. The lowest BCUT2D eigenvalue weighted by Crippen LogP contribution is -2.48. The molecular weight excluding hydrogens is 224 g/mol. The Morgan fingerprint density at radius 1 is 1.21 bits per heavy atom. The molecule has 0 fully saturated rings. The van der Waals surface area contributed by atoms with Crippen molar-refractivity contribution in [2.45, 2.75) is 45.3 Å². The Morgan fingerprint density at radius 2 is 1.71 bits per heavy atom. The second-order valence-electron chi connectivity index (χ2n) is 4.92. The topological polar surface area (TPSA) is 18.5 Å². The summed E-state index contributed by atoms with van der Waals surface area (Å²) < 4.78 is 12.2. The van der Waals surface area contributed by atoms with Gasteiger partial charge in [0.2, 0.25) is 0 Å². The Balaban J connectivity index is 4.25. The van der Waals surface area contributed by atoms with Crippen molar-refractivity contribution in [3.8, 4) is 0 Å². The zero-order chi connectivity index (χ0) is 11.4. The molecule has 84 valence electrons. The number of allylic oxidation sites excluding steroid dienone is 1. The molecule has 0 saturated heterocycles. The van der Waals surface area contributed by atoms with E-state index in [0.717, 1.165) is 6.04 Å². The van der Waals surface area contributed by atoms with Gasteiger partial charge in [0.15, 0.2) is 17.4 Å². The number of rotatable bonds is 6. The lowest BCUT2D eigenvalue weighted by atomic mass is 10.8. The summed E-state index contributed by atoms with van der Waals surface area (Å²) in [6.07, 6.45) is 1.96. The Kier molecular flexibility index (Phi) is 5.53. The molecule has 2 nitrogen and oxygen atoms in total. The van der Waals surface area contributed by atoms with E-state index in [0.29, 0.717) is 0 Å². The summed E-state index contributed by atoms with van der Waals surface area (Å²) in [5.74, 6) is 0. The van der Waals surface area contributed by atoms with Crippen LogP contribution in [0, 0.1) is 0 Å². The maximum absolute atomic E-state index is 6.20. The first kappa shape index (κ1) is 14.3. The van der Waals surface area contributed by atoms with Crippen LogP contribution in [0.5, 0.6) is 0 Å². The molecule has 0 unspecified atom stereocenters. The molecule has 0 amide bonds. The lowest BCUT2D eigenvalue weighted by molar-refractivity contribution is 0.403. The highest BCUT2D eigenvalue weighted by Crippen LogP contribution is 2.19. The molecule has 0 aliphatic heterocycles. The fourth-order valence-corrected chi connectivity index (χ4v) is 13.2. The minimum absolute atomic E-state index is 0.972. The van der Waals surface area contributed by atoms with E-state index < -0.39 is 25.9 Å². The molecule has 0 aliphatic rings. The third-order valence-corrected chi connectivity index (χ3v) is 11.3. The summed E-state index contributed by atoms with van der Waals surface area (Å²) in [5, 5.41) is 0. The van der Waals surface area contributed by atoms with E-state index >= 15 is 0 Å². The summed E-state index contributed by atoms with van der Waals surface area (Å²) >= 11 is 0. The third-order valence-electron chi connectivity index (χ3n) is 1.68. The largest absolute Gasteiger partial charge is 0.440 e. The van der Waals surface area contributed by atoms with Gasteiger partial charge in [-0.05, 0) is 45.3 Å². The molecule has 0 aromatic heterocycles. The molecule has 0 bridgehead atoms. The van der Waals surface area contributed by atoms with Crippen LogP contribution in [0.3, 0.4) is 0 Å². The van der Waals surface area contributed by atoms with Gasteiger partial charge in [-0.3, -0.25) is 0 Å². The maximum atomic E-state index is 6.20. The van der Waals surface area contributed by atoms with E-state index in [9.17, 15) is 0 Å². The Morgan fingerprint density at radius 3 is 2.07 bits per heavy atom. The summed E-state index contributed by atoms with van der Waals surface area (Å²) in [4.78, 5) is 0. The average molecular weight is 249 g/mol. The normalized spacial score (nSPS) is 13.4. The first-order valence-electron chi connectivity index (χ1n) is 5.17. The maximum Gasteiger partial charge on any atom is 0.310 e. The fraction of sp³-hybridized carbons (Fsp3) is 0.778. The number of hydrogen-bond donors (Lipinski definition) is 0. The van der Waals surface area contributed by atoms with Gasteiger partial charge in [0.05, 0.1) is 0 Å². The second-order valence-corrected chi connectivity index (χ2v) is 15.5. The third kappa shape index (κ3) is 6.72. The zero-order valence-electron chi connectivity index (χ0n) is 10.4. The summed E-state index contributed by atoms with van der Waals surface area (Å²) in [5.41, 5.74) is 0. The lowest BCUT2D eigenvalue weighted by Gasteiger charge is -2.34. The van der Waals surface area contributed by atoms with Gasteiger partial charge in [0.1, 0.15) is 0 Å². The van der Waals surface area contributed by atoms with E-state index in [1.165, 1.54) is 0 Å². The summed E-state index contributed by atoms with van der Waals surface area (Å²) in [6.45, 7) is 16.9. The first-order valence-corrected chi connectivity index (χ1v) is 13.9. The molecule has 0 rings (SSSR count). The quantitative estimate of drug-likeness (QED) is 0.531. The molecule has 0 spiro atoms. The zero-order valence-corrected chi connectivity index (χ0v) is 13.5. The van der Waals surface area contributed by atoms with Gasteiger partial charge in [0, 0.05) is 0 Å². The molecule has 5 heteroatoms. The molecule has 0 aromatic carbocycles. The standard InChI is InChI=1S/C9H24O2Si3/c1-8-9-13(4,5)11-14(6,7)10-12(2)3/h8,12H,1,9H2,2-7H3. The highest BCUT2D eigenvalue weighted by atomic mass is 28.5. The first-order chi connectivity index (χ1) is 6.18. The van der Waals surface area contributed by atoms with Gasteiger partial charge >= 0.3 is 8.56 Å². The van der Waals surface area contributed by atoms with Crippen molar-refractivity contribution in [3.05, 3.63) is 12.7 Å². The molecular formula is C9H24O2Si3. The van der Waals surface area contributed by atoms with E-state index in [1.807, 2.05) is 6.08 Å². The van der Waals surface area contributed by atoms with Gasteiger partial charge in [0.25, 0.3) is 0 Å². The van der Waals surface area contributed by atoms with Crippen LogP contribution in [0.4, 0.5) is 0 Å². The molecule has 0 N–H and O–H groups in total. The SMILES string of the molecule is C=CC[Si](C)(C)O[Si](C)(C)O[SiH](C)C. The molecule has 0 atom stereocenters. The van der Waals surface area contributed by atoms with Crippen molar-refractivity contribution in [2.75, 3.05) is 0 Å². The Bertz CT molecular complexity index is 190. The van der Waals surface area contributed by atoms with Crippen LogP contribution in [0.1, 0.15) is 0 Å². The van der Waals surface area contributed by atoms with Crippen LogP contribution in [-0.2, 0) is 8.23 Å². The highest BCUT2D eigenvalue weighted by Gasteiger charge is 2.34. The van der Waals surface area contributed by atoms with Crippen LogP contribution < -0.4 is 0 Å². The van der Waals surface area contributed by atoms with Gasteiger partial charge in [-0.2, -0.15) is 0 Å². The van der Waals surface area contributed by atoms with Gasteiger partial charge < -0.3 is 8.23 Å². The Hall–Kier alpha value is 0.311. The molecule has 0 radical (unpaired) electrons. The second kappa shape index (κ2) is 5.41. The van der Waals surface area contributed by atoms with Crippen molar-refractivity contribution in [2.24, 2.45) is 0 Å². The van der Waals surface area contributed by atoms with Crippen LogP contribution >= 0.6 is 0 Å². The monoisotopic (exact) mass is 248 g/mol. The van der Waals surface area contributed by atoms with Crippen molar-refractivity contribution < 1.29 is 8.23 Å². The van der Waals surface area contributed by atoms with E-state index in [4.69, 9.17) is 8.23 Å².